The average Bonchev–Trinajstić information content (AvgIpc) is 2.28. The molecule has 4 nitrogen and oxygen atoms in total. The number of aromatic nitrogens is 1. The maximum atomic E-state index is 11.6. The Hall–Kier alpha value is -1.29. The Bertz CT molecular complexity index is 368. The number of amides is 1. The van der Waals surface area contributed by atoms with Gasteiger partial charge >= 0.3 is 0 Å². The van der Waals surface area contributed by atoms with E-state index in [1.54, 1.807) is 12.1 Å². The first-order chi connectivity index (χ1) is 7.69. The van der Waals surface area contributed by atoms with E-state index in [9.17, 15) is 4.79 Å². The van der Waals surface area contributed by atoms with Crippen molar-refractivity contribution in [3.63, 3.8) is 0 Å². The van der Waals surface area contributed by atoms with E-state index < -0.39 is 0 Å². The van der Waals surface area contributed by atoms with Gasteiger partial charge in [0.15, 0.2) is 0 Å². The van der Waals surface area contributed by atoms with Gasteiger partial charge in [-0.2, -0.15) is 0 Å². The standard InChI is InChI=1S/C11H16ClN3O/c1-3-7-14-9-6-5-8(12)10(15-9)11(16)13-4-2/h5-6H,3-4,7H2,1-2H3,(H,13,16)(H,14,15). The summed E-state index contributed by atoms with van der Waals surface area (Å²) in [6.07, 6.45) is 1.00. The van der Waals surface area contributed by atoms with Crippen LogP contribution in [0.4, 0.5) is 5.82 Å². The van der Waals surface area contributed by atoms with Crippen molar-refractivity contribution in [2.45, 2.75) is 20.3 Å². The first-order valence-corrected chi connectivity index (χ1v) is 5.75. The number of anilines is 1. The Labute approximate surface area is 100 Å². The van der Waals surface area contributed by atoms with E-state index in [4.69, 9.17) is 11.6 Å². The van der Waals surface area contributed by atoms with Crippen LogP contribution in [0.1, 0.15) is 30.8 Å². The number of hydrogen-bond acceptors (Lipinski definition) is 3. The summed E-state index contributed by atoms with van der Waals surface area (Å²) in [5.74, 6) is 0.431. The van der Waals surface area contributed by atoms with Gasteiger partial charge in [-0.25, -0.2) is 4.98 Å². The third-order valence-corrected chi connectivity index (χ3v) is 2.26. The third kappa shape index (κ3) is 3.38. The van der Waals surface area contributed by atoms with Gasteiger partial charge in [0.05, 0.1) is 5.02 Å². The number of halogens is 1. The first kappa shape index (κ1) is 12.8. The fourth-order valence-corrected chi connectivity index (χ4v) is 1.39. The molecule has 1 heterocycles. The fraction of sp³-hybridized carbons (Fsp3) is 0.455. The number of rotatable bonds is 5. The molecule has 5 heteroatoms. The van der Waals surface area contributed by atoms with Crippen LogP contribution >= 0.6 is 11.6 Å². The van der Waals surface area contributed by atoms with Gasteiger partial charge in [0.1, 0.15) is 11.5 Å². The van der Waals surface area contributed by atoms with Crippen LogP contribution in [-0.4, -0.2) is 24.0 Å². The number of nitrogens with one attached hydrogen (secondary N) is 2. The van der Waals surface area contributed by atoms with E-state index >= 15 is 0 Å². The van der Waals surface area contributed by atoms with Crippen molar-refractivity contribution in [1.29, 1.82) is 0 Å². The molecule has 88 valence electrons. The lowest BCUT2D eigenvalue weighted by Gasteiger charge is -2.07. The van der Waals surface area contributed by atoms with E-state index in [2.05, 4.69) is 22.5 Å². The smallest absolute Gasteiger partial charge is 0.271 e. The Kier molecular flexibility index (Phi) is 5.05. The highest BCUT2D eigenvalue weighted by atomic mass is 35.5. The van der Waals surface area contributed by atoms with E-state index in [1.807, 2.05) is 6.92 Å². The molecule has 0 bridgehead atoms. The van der Waals surface area contributed by atoms with Gasteiger partial charge < -0.3 is 10.6 Å². The van der Waals surface area contributed by atoms with Crippen LogP contribution < -0.4 is 10.6 Å². The molecule has 1 aromatic rings. The molecule has 0 aliphatic heterocycles. The molecule has 0 aliphatic rings. The Morgan fingerprint density at radius 3 is 2.81 bits per heavy atom. The molecular formula is C11H16ClN3O. The van der Waals surface area contributed by atoms with E-state index in [0.29, 0.717) is 17.4 Å². The van der Waals surface area contributed by atoms with Crippen molar-refractivity contribution >= 4 is 23.3 Å². The third-order valence-electron chi connectivity index (χ3n) is 1.95. The summed E-state index contributed by atoms with van der Waals surface area (Å²) in [6.45, 7) is 5.30. The van der Waals surface area contributed by atoms with Gasteiger partial charge in [-0.3, -0.25) is 4.79 Å². The van der Waals surface area contributed by atoms with Crippen molar-refractivity contribution in [1.82, 2.24) is 10.3 Å². The molecular weight excluding hydrogens is 226 g/mol. The predicted molar refractivity (Wildman–Crippen MR) is 66.0 cm³/mol. The molecule has 1 aromatic heterocycles. The highest BCUT2D eigenvalue weighted by molar-refractivity contribution is 6.33. The van der Waals surface area contributed by atoms with Gasteiger partial charge in [0.2, 0.25) is 0 Å². The first-order valence-electron chi connectivity index (χ1n) is 5.37. The Morgan fingerprint density at radius 1 is 1.44 bits per heavy atom. The molecule has 0 spiro atoms. The zero-order valence-electron chi connectivity index (χ0n) is 9.51. The van der Waals surface area contributed by atoms with Crippen molar-refractivity contribution in [3.05, 3.63) is 22.8 Å². The number of pyridine rings is 1. The number of carbonyl (C=O) groups is 1. The van der Waals surface area contributed by atoms with E-state index in [-0.39, 0.29) is 11.6 Å². The van der Waals surface area contributed by atoms with Crippen LogP contribution in [0.15, 0.2) is 12.1 Å². The second-order valence-electron chi connectivity index (χ2n) is 3.31. The molecule has 0 radical (unpaired) electrons. The van der Waals surface area contributed by atoms with Crippen LogP contribution in [0.3, 0.4) is 0 Å². The summed E-state index contributed by atoms with van der Waals surface area (Å²) in [6, 6.07) is 3.44. The second kappa shape index (κ2) is 6.33. The second-order valence-corrected chi connectivity index (χ2v) is 3.72. The molecule has 1 rings (SSSR count). The lowest BCUT2D eigenvalue weighted by Crippen LogP contribution is -2.24. The van der Waals surface area contributed by atoms with Gasteiger partial charge in [0, 0.05) is 13.1 Å². The van der Waals surface area contributed by atoms with Crippen molar-refractivity contribution < 1.29 is 4.79 Å². The summed E-state index contributed by atoms with van der Waals surface area (Å²) in [7, 11) is 0. The van der Waals surface area contributed by atoms with Crippen molar-refractivity contribution in [3.8, 4) is 0 Å². The van der Waals surface area contributed by atoms with Gasteiger partial charge in [0.25, 0.3) is 5.91 Å². The molecule has 1 amide bonds. The highest BCUT2D eigenvalue weighted by Gasteiger charge is 2.11. The quantitative estimate of drug-likeness (QED) is 0.832. The van der Waals surface area contributed by atoms with Crippen molar-refractivity contribution in [2.24, 2.45) is 0 Å². The summed E-state index contributed by atoms with van der Waals surface area (Å²) >= 11 is 5.91. The fourth-order valence-electron chi connectivity index (χ4n) is 1.20. The lowest BCUT2D eigenvalue weighted by molar-refractivity contribution is 0.0951. The van der Waals surface area contributed by atoms with Crippen LogP contribution in [0.5, 0.6) is 0 Å². The monoisotopic (exact) mass is 241 g/mol. The zero-order chi connectivity index (χ0) is 12.0. The Balaban J connectivity index is 2.85. The Morgan fingerprint density at radius 2 is 2.19 bits per heavy atom. The van der Waals surface area contributed by atoms with E-state index in [1.165, 1.54) is 0 Å². The summed E-state index contributed by atoms with van der Waals surface area (Å²) in [5.41, 5.74) is 0.268. The summed E-state index contributed by atoms with van der Waals surface area (Å²) in [5, 5.41) is 6.15. The van der Waals surface area contributed by atoms with Gasteiger partial charge in [-0.05, 0) is 25.5 Å². The highest BCUT2D eigenvalue weighted by Crippen LogP contribution is 2.16. The molecule has 0 atom stereocenters. The summed E-state index contributed by atoms with van der Waals surface area (Å²) in [4.78, 5) is 15.8. The topological polar surface area (TPSA) is 54.0 Å². The van der Waals surface area contributed by atoms with Crippen LogP contribution in [0, 0.1) is 0 Å². The van der Waals surface area contributed by atoms with Gasteiger partial charge in [-0.1, -0.05) is 18.5 Å². The minimum absolute atomic E-state index is 0.243. The van der Waals surface area contributed by atoms with E-state index in [0.717, 1.165) is 13.0 Å². The SMILES string of the molecule is CCCNc1ccc(Cl)c(C(=O)NCC)n1. The van der Waals surface area contributed by atoms with Crippen molar-refractivity contribution in [2.75, 3.05) is 18.4 Å². The molecule has 0 saturated heterocycles. The van der Waals surface area contributed by atoms with Crippen LogP contribution in [0.25, 0.3) is 0 Å². The maximum Gasteiger partial charge on any atom is 0.271 e. The molecule has 2 N–H and O–H groups in total. The number of nitrogens with zero attached hydrogens (tertiary/aromatic N) is 1. The molecule has 0 unspecified atom stereocenters. The zero-order valence-corrected chi connectivity index (χ0v) is 10.3. The summed E-state index contributed by atoms with van der Waals surface area (Å²) < 4.78 is 0. The maximum absolute atomic E-state index is 11.6. The number of hydrogen-bond donors (Lipinski definition) is 2. The normalized spacial score (nSPS) is 9.94. The van der Waals surface area contributed by atoms with Crippen LogP contribution in [-0.2, 0) is 0 Å². The lowest BCUT2D eigenvalue weighted by atomic mass is 10.3. The molecule has 0 fully saturated rings. The molecule has 0 saturated carbocycles. The predicted octanol–water partition coefficient (Wildman–Crippen LogP) is 2.31. The minimum Gasteiger partial charge on any atom is -0.370 e. The average molecular weight is 242 g/mol. The number of carbonyl (C=O) groups excluding carboxylic acids is 1. The van der Waals surface area contributed by atoms with Gasteiger partial charge in [-0.15, -0.1) is 0 Å². The molecule has 16 heavy (non-hydrogen) atoms. The largest absolute Gasteiger partial charge is 0.370 e. The molecule has 0 aliphatic carbocycles. The molecule has 0 aromatic carbocycles. The minimum atomic E-state index is -0.243. The van der Waals surface area contributed by atoms with Crippen LogP contribution in [0.2, 0.25) is 5.02 Å².